The first kappa shape index (κ1) is 18.9. The highest BCUT2D eigenvalue weighted by atomic mass is 19.1. The predicted octanol–water partition coefficient (Wildman–Crippen LogP) is -1.37. The lowest BCUT2D eigenvalue weighted by Gasteiger charge is -2.37. The van der Waals surface area contributed by atoms with E-state index < -0.39 is 30.6 Å². The van der Waals surface area contributed by atoms with Crippen molar-refractivity contribution >= 4 is 23.5 Å². The highest BCUT2D eigenvalue weighted by Gasteiger charge is 2.32. The predicted molar refractivity (Wildman–Crippen MR) is 94.5 cm³/mol. The Bertz CT molecular complexity index is 706. The summed E-state index contributed by atoms with van der Waals surface area (Å²) in [6.45, 7) is 1.57. The minimum Gasteiger partial charge on any atom is -0.394 e. The number of halogens is 1. The second kappa shape index (κ2) is 8.21. The van der Waals surface area contributed by atoms with Gasteiger partial charge in [-0.15, -0.1) is 0 Å². The van der Waals surface area contributed by atoms with Crippen LogP contribution in [0.2, 0.25) is 0 Å². The number of benzene rings is 1. The summed E-state index contributed by atoms with van der Waals surface area (Å²) in [7, 11) is 0. The van der Waals surface area contributed by atoms with E-state index in [1.54, 1.807) is 17.0 Å². The molecule has 1 aromatic carbocycles. The lowest BCUT2D eigenvalue weighted by Crippen LogP contribution is -2.58. The van der Waals surface area contributed by atoms with Gasteiger partial charge in [0, 0.05) is 38.4 Å². The fourth-order valence-electron chi connectivity index (χ4n) is 3.13. The molecule has 146 valence electrons. The molecule has 2 fully saturated rings. The van der Waals surface area contributed by atoms with Gasteiger partial charge < -0.3 is 30.9 Å². The quantitative estimate of drug-likeness (QED) is 0.504. The number of aliphatic hydroxyl groups is 1. The number of amides is 4. The molecular formula is C17H22FN5O4. The fourth-order valence-corrected chi connectivity index (χ4v) is 3.13. The zero-order chi connectivity index (χ0) is 19.4. The molecule has 2 aliphatic heterocycles. The summed E-state index contributed by atoms with van der Waals surface area (Å²) in [5, 5.41) is 16.9. The Morgan fingerprint density at radius 2 is 1.89 bits per heavy atom. The van der Waals surface area contributed by atoms with Gasteiger partial charge in [-0.1, -0.05) is 0 Å². The van der Waals surface area contributed by atoms with E-state index in [0.29, 0.717) is 26.2 Å². The normalized spacial score (nSPS) is 20.7. The van der Waals surface area contributed by atoms with Gasteiger partial charge in [-0.25, -0.2) is 9.18 Å². The van der Waals surface area contributed by atoms with E-state index >= 15 is 0 Å². The van der Waals surface area contributed by atoms with Crippen LogP contribution in [-0.4, -0.2) is 79.3 Å². The number of nitrogens with zero attached hydrogens (tertiary/aromatic N) is 2. The fraction of sp³-hybridized carbons (Fsp3) is 0.471. The molecule has 1 aromatic rings. The van der Waals surface area contributed by atoms with Crippen LogP contribution >= 0.6 is 0 Å². The van der Waals surface area contributed by atoms with Crippen LogP contribution in [0.1, 0.15) is 0 Å². The summed E-state index contributed by atoms with van der Waals surface area (Å²) in [6, 6.07) is 3.88. The summed E-state index contributed by atoms with van der Waals surface area (Å²) in [5.41, 5.74) is 0.875. The van der Waals surface area contributed by atoms with Crippen LogP contribution in [0.15, 0.2) is 24.3 Å². The van der Waals surface area contributed by atoms with Crippen molar-refractivity contribution in [3.05, 3.63) is 30.1 Å². The van der Waals surface area contributed by atoms with Crippen LogP contribution in [-0.2, 0) is 9.59 Å². The van der Waals surface area contributed by atoms with Crippen molar-refractivity contribution in [1.29, 1.82) is 0 Å². The number of piperazine rings is 1. The number of urea groups is 1. The van der Waals surface area contributed by atoms with Crippen molar-refractivity contribution in [2.45, 2.75) is 12.1 Å². The molecule has 2 saturated heterocycles. The molecule has 2 aliphatic rings. The summed E-state index contributed by atoms with van der Waals surface area (Å²) >= 11 is 0. The number of nitrogens with one attached hydrogen (secondary N) is 3. The van der Waals surface area contributed by atoms with E-state index in [4.69, 9.17) is 0 Å². The van der Waals surface area contributed by atoms with Crippen molar-refractivity contribution < 1.29 is 23.9 Å². The first-order valence-corrected chi connectivity index (χ1v) is 8.73. The molecular weight excluding hydrogens is 357 g/mol. The molecule has 0 spiro atoms. The van der Waals surface area contributed by atoms with E-state index in [1.807, 2.05) is 4.90 Å². The summed E-state index contributed by atoms with van der Waals surface area (Å²) < 4.78 is 13.0. The van der Waals surface area contributed by atoms with Crippen molar-refractivity contribution in [2.24, 2.45) is 0 Å². The topological polar surface area (TPSA) is 114 Å². The molecule has 27 heavy (non-hydrogen) atoms. The van der Waals surface area contributed by atoms with Gasteiger partial charge in [0.15, 0.2) is 0 Å². The first-order valence-electron chi connectivity index (χ1n) is 8.73. The van der Waals surface area contributed by atoms with Crippen LogP contribution in [0.25, 0.3) is 0 Å². The van der Waals surface area contributed by atoms with Crippen molar-refractivity contribution in [1.82, 2.24) is 20.9 Å². The zero-order valence-corrected chi connectivity index (χ0v) is 14.7. The van der Waals surface area contributed by atoms with Crippen molar-refractivity contribution in [3.8, 4) is 0 Å². The number of rotatable bonds is 5. The second-order valence-electron chi connectivity index (χ2n) is 6.44. The number of carbonyl (C=O) groups excluding carboxylic acids is 3. The molecule has 3 rings (SSSR count). The van der Waals surface area contributed by atoms with Gasteiger partial charge in [-0.3, -0.25) is 9.59 Å². The van der Waals surface area contributed by atoms with E-state index in [0.717, 1.165) is 5.69 Å². The Kier molecular flexibility index (Phi) is 5.75. The van der Waals surface area contributed by atoms with Gasteiger partial charge in [0.1, 0.15) is 17.9 Å². The number of anilines is 1. The standard InChI is InChI=1S/C17H22FN5O4/c18-11-1-3-12(4-2-11)22-5-7-23(8-6-22)16(26)14(10-24)20-15(25)13-9-19-17(27)21-13/h1-4,13-14,24H,5-10H2,(H,20,25)(H2,19,21,27)/t13?,14-/m0/s1. The molecule has 2 atom stereocenters. The summed E-state index contributed by atoms with van der Waals surface area (Å²) in [5.74, 6) is -1.20. The molecule has 0 aromatic heterocycles. The molecule has 1 unspecified atom stereocenters. The molecule has 0 bridgehead atoms. The molecule has 0 aliphatic carbocycles. The highest BCUT2D eigenvalue weighted by Crippen LogP contribution is 2.17. The van der Waals surface area contributed by atoms with Crippen molar-refractivity contribution in [2.75, 3.05) is 44.2 Å². The summed E-state index contributed by atoms with van der Waals surface area (Å²) in [4.78, 5) is 39.5. The summed E-state index contributed by atoms with van der Waals surface area (Å²) in [6.07, 6.45) is 0. The maximum absolute atomic E-state index is 13.0. The van der Waals surface area contributed by atoms with Crippen molar-refractivity contribution in [3.63, 3.8) is 0 Å². The van der Waals surface area contributed by atoms with E-state index in [2.05, 4.69) is 16.0 Å². The number of hydrogen-bond donors (Lipinski definition) is 4. The second-order valence-corrected chi connectivity index (χ2v) is 6.44. The lowest BCUT2D eigenvalue weighted by atomic mass is 10.2. The van der Waals surface area contributed by atoms with Gasteiger partial charge >= 0.3 is 6.03 Å². The van der Waals surface area contributed by atoms with Gasteiger partial charge in [0.2, 0.25) is 11.8 Å². The third-order valence-corrected chi connectivity index (χ3v) is 4.67. The monoisotopic (exact) mass is 379 g/mol. The average Bonchev–Trinajstić information content (AvgIpc) is 3.13. The highest BCUT2D eigenvalue weighted by molar-refractivity contribution is 5.93. The third kappa shape index (κ3) is 4.45. The van der Waals surface area contributed by atoms with E-state index in [1.165, 1.54) is 12.1 Å². The van der Waals surface area contributed by atoms with E-state index in [-0.39, 0.29) is 18.3 Å². The molecule has 2 heterocycles. The number of hydrogen-bond acceptors (Lipinski definition) is 5. The molecule has 4 amide bonds. The average molecular weight is 379 g/mol. The smallest absolute Gasteiger partial charge is 0.315 e. The number of aliphatic hydroxyl groups excluding tert-OH is 1. The van der Waals surface area contributed by atoms with Crippen LogP contribution in [0.4, 0.5) is 14.9 Å². The first-order chi connectivity index (χ1) is 13.0. The Morgan fingerprint density at radius 1 is 1.22 bits per heavy atom. The molecule has 0 saturated carbocycles. The van der Waals surface area contributed by atoms with Crippen LogP contribution in [0.3, 0.4) is 0 Å². The minimum atomic E-state index is -1.06. The van der Waals surface area contributed by atoms with Crippen LogP contribution < -0.4 is 20.9 Å². The lowest BCUT2D eigenvalue weighted by molar-refractivity contribution is -0.138. The molecule has 10 heteroatoms. The SMILES string of the molecule is O=C1NCC(C(=O)N[C@@H](CO)C(=O)N2CCN(c3ccc(F)cc3)CC2)N1. The maximum Gasteiger partial charge on any atom is 0.315 e. The van der Waals surface area contributed by atoms with Crippen LogP contribution in [0.5, 0.6) is 0 Å². The Balaban J connectivity index is 1.53. The maximum atomic E-state index is 13.0. The molecule has 0 radical (unpaired) electrons. The Morgan fingerprint density at radius 3 is 2.44 bits per heavy atom. The number of carbonyl (C=O) groups is 3. The van der Waals surface area contributed by atoms with Gasteiger partial charge in [0.25, 0.3) is 0 Å². The third-order valence-electron chi connectivity index (χ3n) is 4.67. The minimum absolute atomic E-state index is 0.132. The van der Waals surface area contributed by atoms with Crippen LogP contribution in [0, 0.1) is 5.82 Å². The van der Waals surface area contributed by atoms with Gasteiger partial charge in [0.05, 0.1) is 6.61 Å². The van der Waals surface area contributed by atoms with E-state index in [9.17, 15) is 23.9 Å². The Hall–Kier alpha value is -2.88. The Labute approximate surface area is 155 Å². The largest absolute Gasteiger partial charge is 0.394 e. The molecule has 4 N–H and O–H groups in total. The van der Waals surface area contributed by atoms with Gasteiger partial charge in [-0.05, 0) is 24.3 Å². The zero-order valence-electron chi connectivity index (χ0n) is 14.7. The van der Waals surface area contributed by atoms with Gasteiger partial charge in [-0.2, -0.15) is 0 Å². The molecule has 9 nitrogen and oxygen atoms in total.